The Morgan fingerprint density at radius 1 is 0.840 bits per heavy atom. The number of rotatable bonds is 9. The predicted molar refractivity (Wildman–Crippen MR) is 109 cm³/mol. The van der Waals surface area contributed by atoms with E-state index in [1.807, 2.05) is 32.1 Å². The monoisotopic (exact) mass is 360 g/mol. The maximum absolute atomic E-state index is 12.3. The van der Waals surface area contributed by atoms with Crippen molar-refractivity contribution in [3.05, 3.63) is 64.8 Å². The zero-order valence-electron chi connectivity index (χ0n) is 16.3. The Morgan fingerprint density at radius 3 is 1.92 bits per heavy atom. The van der Waals surface area contributed by atoms with Gasteiger partial charge in [0, 0.05) is 0 Å². The van der Waals surface area contributed by atoms with Gasteiger partial charge in [0.05, 0.1) is 10.6 Å². The number of sulfone groups is 1. The number of hydrogen-bond donors (Lipinski definition) is 0. The molecule has 25 heavy (non-hydrogen) atoms. The molecule has 0 atom stereocenters. The first-order valence-electron chi connectivity index (χ1n) is 8.95. The molecular weight excluding hydrogens is 328 g/mol. The van der Waals surface area contributed by atoms with Crippen LogP contribution < -0.4 is 0 Å². The van der Waals surface area contributed by atoms with Crippen molar-refractivity contribution in [2.75, 3.05) is 5.75 Å². The third-order valence-electron chi connectivity index (χ3n) is 4.15. The van der Waals surface area contributed by atoms with Crippen LogP contribution in [0, 0.1) is 6.92 Å². The fraction of sp³-hybridized carbons (Fsp3) is 0.455. The summed E-state index contributed by atoms with van der Waals surface area (Å²) in [5.41, 5.74) is 4.96. The van der Waals surface area contributed by atoms with Crippen LogP contribution in [0.25, 0.3) is 0 Å². The molecule has 0 N–H and O–H groups in total. The number of benzene rings is 1. The minimum Gasteiger partial charge on any atom is -0.223 e. The third-order valence-corrected chi connectivity index (χ3v) is 5.75. The van der Waals surface area contributed by atoms with Gasteiger partial charge in [-0.2, -0.15) is 0 Å². The molecule has 0 fully saturated rings. The molecule has 0 saturated heterocycles. The first-order valence-corrected chi connectivity index (χ1v) is 10.6. The summed E-state index contributed by atoms with van der Waals surface area (Å²) < 4.78 is 24.7. The summed E-state index contributed by atoms with van der Waals surface area (Å²) >= 11 is 0. The van der Waals surface area contributed by atoms with Gasteiger partial charge in [-0.3, -0.25) is 0 Å². The quantitative estimate of drug-likeness (QED) is 0.492. The molecule has 0 aliphatic rings. The Bertz CT molecular complexity index is 729. The van der Waals surface area contributed by atoms with E-state index in [0.29, 0.717) is 4.90 Å². The minimum absolute atomic E-state index is 0.0746. The van der Waals surface area contributed by atoms with E-state index in [9.17, 15) is 8.42 Å². The SMILES string of the molecule is CC(C)=CCC/C(C)=C\CC/C(C)=C/CS(=O)(=O)c1ccc(C)cc1. The maximum atomic E-state index is 12.3. The van der Waals surface area contributed by atoms with Gasteiger partial charge in [-0.15, -0.1) is 0 Å². The highest BCUT2D eigenvalue weighted by molar-refractivity contribution is 7.91. The molecule has 0 amide bonds. The number of aryl methyl sites for hydroxylation is 1. The van der Waals surface area contributed by atoms with E-state index >= 15 is 0 Å². The summed E-state index contributed by atoms with van der Waals surface area (Å²) in [7, 11) is -3.23. The standard InChI is InChI=1S/C22H32O2S/c1-18(2)8-6-9-19(3)10-7-11-20(4)16-17-25(23,24)22-14-12-21(5)13-15-22/h8,10,12-16H,6-7,9,11,17H2,1-5H3/b19-10-,20-16+. The summed E-state index contributed by atoms with van der Waals surface area (Å²) in [6.07, 6.45) is 10.4. The molecule has 0 unspecified atom stereocenters. The number of hydrogen-bond acceptors (Lipinski definition) is 2. The molecule has 0 radical (unpaired) electrons. The Hall–Kier alpha value is -1.61. The third kappa shape index (κ3) is 8.87. The second kappa shape index (κ2) is 10.4. The van der Waals surface area contributed by atoms with Gasteiger partial charge in [0.1, 0.15) is 0 Å². The van der Waals surface area contributed by atoms with Gasteiger partial charge in [-0.25, -0.2) is 8.42 Å². The lowest BCUT2D eigenvalue weighted by atomic mass is 10.1. The maximum Gasteiger partial charge on any atom is 0.181 e. The van der Waals surface area contributed by atoms with E-state index < -0.39 is 9.84 Å². The zero-order valence-corrected chi connectivity index (χ0v) is 17.1. The van der Waals surface area contributed by atoms with Gasteiger partial charge in [0.2, 0.25) is 0 Å². The fourth-order valence-electron chi connectivity index (χ4n) is 2.43. The topological polar surface area (TPSA) is 34.1 Å². The van der Waals surface area contributed by atoms with Gasteiger partial charge in [-0.1, -0.05) is 52.6 Å². The lowest BCUT2D eigenvalue weighted by Gasteiger charge is -2.04. The van der Waals surface area contributed by atoms with Gasteiger partial charge in [-0.05, 0) is 72.4 Å². The summed E-state index contributed by atoms with van der Waals surface area (Å²) in [6.45, 7) is 10.4. The average molecular weight is 361 g/mol. The normalized spacial score (nSPS) is 13.0. The lowest BCUT2D eigenvalue weighted by Crippen LogP contribution is -2.05. The second-order valence-corrected chi connectivity index (χ2v) is 9.09. The highest BCUT2D eigenvalue weighted by Crippen LogP contribution is 2.15. The molecule has 0 saturated carbocycles. The van der Waals surface area contributed by atoms with Crippen molar-refractivity contribution in [1.82, 2.24) is 0 Å². The molecule has 1 aromatic carbocycles. The van der Waals surface area contributed by atoms with Crippen molar-refractivity contribution in [3.63, 3.8) is 0 Å². The molecule has 3 heteroatoms. The molecule has 0 bridgehead atoms. The molecular formula is C22H32O2S. The van der Waals surface area contributed by atoms with Crippen LogP contribution in [-0.4, -0.2) is 14.2 Å². The van der Waals surface area contributed by atoms with Crippen molar-refractivity contribution in [2.45, 2.75) is 65.2 Å². The van der Waals surface area contributed by atoms with Crippen LogP contribution in [-0.2, 0) is 9.84 Å². The Balaban J connectivity index is 2.50. The Kier molecular flexibility index (Phi) is 8.91. The van der Waals surface area contributed by atoms with E-state index in [2.05, 4.69) is 32.9 Å². The first kappa shape index (κ1) is 21.4. The van der Waals surface area contributed by atoms with Crippen molar-refractivity contribution in [2.24, 2.45) is 0 Å². The van der Waals surface area contributed by atoms with E-state index in [4.69, 9.17) is 0 Å². The summed E-state index contributed by atoms with van der Waals surface area (Å²) in [5, 5.41) is 0. The Labute approximate surface area is 154 Å². The Morgan fingerprint density at radius 2 is 1.36 bits per heavy atom. The van der Waals surface area contributed by atoms with Crippen LogP contribution in [0.2, 0.25) is 0 Å². The highest BCUT2D eigenvalue weighted by atomic mass is 32.2. The van der Waals surface area contributed by atoms with Gasteiger partial charge in [0.25, 0.3) is 0 Å². The minimum atomic E-state index is -3.23. The van der Waals surface area contributed by atoms with E-state index in [1.165, 1.54) is 11.1 Å². The van der Waals surface area contributed by atoms with Crippen LogP contribution in [0.4, 0.5) is 0 Å². The van der Waals surface area contributed by atoms with Crippen LogP contribution in [0.5, 0.6) is 0 Å². The molecule has 0 aliphatic heterocycles. The molecule has 2 nitrogen and oxygen atoms in total. The smallest absolute Gasteiger partial charge is 0.181 e. The van der Waals surface area contributed by atoms with E-state index in [-0.39, 0.29) is 5.75 Å². The van der Waals surface area contributed by atoms with Gasteiger partial charge >= 0.3 is 0 Å². The van der Waals surface area contributed by atoms with E-state index in [1.54, 1.807) is 12.1 Å². The predicted octanol–water partition coefficient (Wildman–Crippen LogP) is 6.19. The molecule has 1 rings (SSSR count). The second-order valence-electron chi connectivity index (χ2n) is 7.05. The molecule has 0 spiro atoms. The molecule has 1 aromatic rings. The van der Waals surface area contributed by atoms with E-state index in [0.717, 1.165) is 36.8 Å². The van der Waals surface area contributed by atoms with Crippen molar-refractivity contribution in [3.8, 4) is 0 Å². The lowest BCUT2D eigenvalue weighted by molar-refractivity contribution is 0.599. The average Bonchev–Trinajstić information content (AvgIpc) is 2.53. The summed E-state index contributed by atoms with van der Waals surface area (Å²) in [4.78, 5) is 0.400. The highest BCUT2D eigenvalue weighted by Gasteiger charge is 2.12. The van der Waals surface area contributed by atoms with Crippen LogP contribution in [0.15, 0.2) is 64.1 Å². The van der Waals surface area contributed by atoms with Crippen LogP contribution in [0.3, 0.4) is 0 Å². The summed E-state index contributed by atoms with van der Waals surface area (Å²) in [6, 6.07) is 7.05. The summed E-state index contributed by atoms with van der Waals surface area (Å²) in [5.74, 6) is 0.0746. The van der Waals surface area contributed by atoms with Gasteiger partial charge < -0.3 is 0 Å². The van der Waals surface area contributed by atoms with Crippen LogP contribution >= 0.6 is 0 Å². The number of allylic oxidation sites excluding steroid dienone is 5. The molecule has 0 heterocycles. The van der Waals surface area contributed by atoms with Crippen molar-refractivity contribution >= 4 is 9.84 Å². The first-order chi connectivity index (χ1) is 11.7. The largest absolute Gasteiger partial charge is 0.223 e. The van der Waals surface area contributed by atoms with Crippen molar-refractivity contribution < 1.29 is 8.42 Å². The molecule has 0 aromatic heterocycles. The van der Waals surface area contributed by atoms with Crippen molar-refractivity contribution in [1.29, 1.82) is 0 Å². The fourth-order valence-corrected chi connectivity index (χ4v) is 3.68. The molecule has 138 valence electrons. The molecule has 0 aliphatic carbocycles. The van der Waals surface area contributed by atoms with Gasteiger partial charge in [0.15, 0.2) is 9.84 Å². The zero-order chi connectivity index (χ0) is 18.9. The van der Waals surface area contributed by atoms with Crippen LogP contribution in [0.1, 0.15) is 58.9 Å².